The maximum absolute atomic E-state index is 11.9. The fraction of sp³-hybridized carbons (Fsp3) is 0.333. The first-order valence-corrected chi connectivity index (χ1v) is 6.49. The summed E-state index contributed by atoms with van der Waals surface area (Å²) in [6.45, 7) is 1.32. The molecule has 4 heteroatoms. The Morgan fingerprint density at radius 3 is 3.00 bits per heavy atom. The van der Waals surface area contributed by atoms with Crippen LogP contribution in [0.1, 0.15) is 12.0 Å². The van der Waals surface area contributed by atoms with Crippen molar-refractivity contribution in [2.24, 2.45) is 5.92 Å². The van der Waals surface area contributed by atoms with E-state index in [0.29, 0.717) is 19.5 Å². The molecule has 1 atom stereocenters. The highest BCUT2D eigenvalue weighted by Crippen LogP contribution is 2.23. The van der Waals surface area contributed by atoms with Crippen LogP contribution in [0.25, 0.3) is 10.9 Å². The Hall–Kier alpha value is -1.94. The van der Waals surface area contributed by atoms with Gasteiger partial charge in [-0.1, -0.05) is 18.2 Å². The number of rotatable bonds is 3. The largest absolute Gasteiger partial charge is 0.396 e. The summed E-state index contributed by atoms with van der Waals surface area (Å²) < 4.78 is 0. The highest BCUT2D eigenvalue weighted by molar-refractivity contribution is 5.83. The van der Waals surface area contributed by atoms with Gasteiger partial charge in [-0.15, -0.1) is 0 Å². The van der Waals surface area contributed by atoms with Crippen LogP contribution >= 0.6 is 0 Å². The standard InChI is InChI=1S/C15H16N2O2/c18-10-11-7-15(19)17(8-11)9-12-3-1-5-14-13(12)4-2-6-16-14/h1-6,11,18H,7-10H2. The Labute approximate surface area is 111 Å². The maximum Gasteiger partial charge on any atom is 0.223 e. The number of aliphatic hydroxyl groups is 1. The van der Waals surface area contributed by atoms with E-state index >= 15 is 0 Å². The molecule has 0 radical (unpaired) electrons. The van der Waals surface area contributed by atoms with E-state index in [1.807, 2.05) is 35.2 Å². The Kier molecular flexibility index (Phi) is 3.17. The first kappa shape index (κ1) is 12.1. The summed E-state index contributed by atoms with van der Waals surface area (Å²) in [4.78, 5) is 18.0. The van der Waals surface area contributed by atoms with Crippen LogP contribution in [-0.2, 0) is 11.3 Å². The van der Waals surface area contributed by atoms with Crippen molar-refractivity contribution < 1.29 is 9.90 Å². The van der Waals surface area contributed by atoms with Crippen molar-refractivity contribution in [3.63, 3.8) is 0 Å². The molecule has 4 nitrogen and oxygen atoms in total. The molecule has 98 valence electrons. The number of pyridine rings is 1. The highest BCUT2D eigenvalue weighted by atomic mass is 16.3. The number of fused-ring (bicyclic) bond motifs is 1. The van der Waals surface area contributed by atoms with E-state index in [-0.39, 0.29) is 18.4 Å². The lowest BCUT2D eigenvalue weighted by atomic mass is 10.1. The number of hydrogen-bond acceptors (Lipinski definition) is 3. The van der Waals surface area contributed by atoms with Gasteiger partial charge in [0.05, 0.1) is 5.52 Å². The van der Waals surface area contributed by atoms with Gasteiger partial charge < -0.3 is 10.0 Å². The molecule has 19 heavy (non-hydrogen) atoms. The predicted molar refractivity (Wildman–Crippen MR) is 72.4 cm³/mol. The van der Waals surface area contributed by atoms with Gasteiger partial charge in [0.2, 0.25) is 5.91 Å². The number of hydrogen-bond donors (Lipinski definition) is 1. The van der Waals surface area contributed by atoms with Gasteiger partial charge in [-0.25, -0.2) is 0 Å². The average Bonchev–Trinajstić information content (AvgIpc) is 2.80. The molecule has 1 aromatic heterocycles. The lowest BCUT2D eigenvalue weighted by Gasteiger charge is -2.17. The number of aromatic nitrogens is 1. The van der Waals surface area contributed by atoms with Crippen LogP contribution in [0.5, 0.6) is 0 Å². The van der Waals surface area contributed by atoms with Crippen molar-refractivity contribution in [1.29, 1.82) is 0 Å². The number of benzene rings is 1. The summed E-state index contributed by atoms with van der Waals surface area (Å²) in [5.41, 5.74) is 2.06. The summed E-state index contributed by atoms with van der Waals surface area (Å²) in [6, 6.07) is 9.91. The molecule has 2 heterocycles. The third-order valence-corrected chi connectivity index (χ3v) is 3.65. The summed E-state index contributed by atoms with van der Waals surface area (Å²) in [5, 5.41) is 10.2. The minimum atomic E-state index is 0.0827. The minimum Gasteiger partial charge on any atom is -0.396 e. The van der Waals surface area contributed by atoms with Crippen molar-refractivity contribution in [2.75, 3.05) is 13.2 Å². The second-order valence-corrected chi connectivity index (χ2v) is 5.01. The number of carbonyl (C=O) groups excluding carboxylic acids is 1. The van der Waals surface area contributed by atoms with Gasteiger partial charge in [-0.05, 0) is 17.7 Å². The third kappa shape index (κ3) is 2.31. The topological polar surface area (TPSA) is 53.4 Å². The van der Waals surface area contributed by atoms with Crippen LogP contribution in [0, 0.1) is 5.92 Å². The summed E-state index contributed by atoms with van der Waals surface area (Å²) in [7, 11) is 0. The Balaban J connectivity index is 1.88. The molecule has 0 aliphatic carbocycles. The quantitative estimate of drug-likeness (QED) is 0.907. The third-order valence-electron chi connectivity index (χ3n) is 3.65. The average molecular weight is 256 g/mol. The molecule has 1 unspecified atom stereocenters. The second kappa shape index (κ2) is 4.97. The van der Waals surface area contributed by atoms with Crippen LogP contribution in [0.15, 0.2) is 36.5 Å². The summed E-state index contributed by atoms with van der Waals surface area (Å²) in [5.74, 6) is 0.209. The van der Waals surface area contributed by atoms with Crippen LogP contribution in [-0.4, -0.2) is 34.0 Å². The van der Waals surface area contributed by atoms with Gasteiger partial charge in [0.25, 0.3) is 0 Å². The van der Waals surface area contributed by atoms with E-state index in [9.17, 15) is 4.79 Å². The molecule has 1 amide bonds. The summed E-state index contributed by atoms with van der Waals surface area (Å²) in [6.07, 6.45) is 2.23. The normalized spacial score (nSPS) is 19.3. The fourth-order valence-corrected chi connectivity index (χ4v) is 2.64. The van der Waals surface area contributed by atoms with E-state index < -0.39 is 0 Å². The molecule has 1 fully saturated rings. The molecule has 2 aromatic rings. The molecule has 1 aromatic carbocycles. The fourth-order valence-electron chi connectivity index (χ4n) is 2.64. The number of likely N-dealkylation sites (tertiary alicyclic amines) is 1. The van der Waals surface area contributed by atoms with E-state index in [1.165, 1.54) is 0 Å². The van der Waals surface area contributed by atoms with Gasteiger partial charge in [0.1, 0.15) is 0 Å². The van der Waals surface area contributed by atoms with Crippen molar-refractivity contribution >= 4 is 16.8 Å². The molecule has 0 saturated carbocycles. The van der Waals surface area contributed by atoms with Gasteiger partial charge in [-0.2, -0.15) is 0 Å². The lowest BCUT2D eigenvalue weighted by molar-refractivity contribution is -0.128. The van der Waals surface area contributed by atoms with Crippen molar-refractivity contribution in [1.82, 2.24) is 9.88 Å². The van der Waals surface area contributed by atoms with Gasteiger partial charge in [-0.3, -0.25) is 9.78 Å². The zero-order valence-electron chi connectivity index (χ0n) is 10.6. The van der Waals surface area contributed by atoms with Crippen LogP contribution < -0.4 is 0 Å². The number of nitrogens with zero attached hydrogens (tertiary/aromatic N) is 2. The molecule has 1 aliphatic heterocycles. The van der Waals surface area contributed by atoms with E-state index in [4.69, 9.17) is 5.11 Å². The van der Waals surface area contributed by atoms with Gasteiger partial charge in [0.15, 0.2) is 0 Å². The van der Waals surface area contributed by atoms with Crippen molar-refractivity contribution in [3.05, 3.63) is 42.1 Å². The molecule has 1 aliphatic rings. The highest BCUT2D eigenvalue weighted by Gasteiger charge is 2.29. The number of amides is 1. The molecule has 3 rings (SSSR count). The van der Waals surface area contributed by atoms with Crippen LogP contribution in [0.4, 0.5) is 0 Å². The molecule has 0 spiro atoms. The second-order valence-electron chi connectivity index (χ2n) is 5.01. The maximum atomic E-state index is 11.9. The smallest absolute Gasteiger partial charge is 0.223 e. The number of carbonyl (C=O) groups is 1. The first-order chi connectivity index (χ1) is 9.28. The van der Waals surface area contributed by atoms with Gasteiger partial charge >= 0.3 is 0 Å². The first-order valence-electron chi connectivity index (χ1n) is 6.49. The molecule has 1 N–H and O–H groups in total. The zero-order chi connectivity index (χ0) is 13.2. The predicted octanol–water partition coefficient (Wildman–Crippen LogP) is 1.58. The number of aliphatic hydroxyl groups excluding tert-OH is 1. The molecule has 0 bridgehead atoms. The van der Waals surface area contributed by atoms with Crippen LogP contribution in [0.3, 0.4) is 0 Å². The van der Waals surface area contributed by atoms with Crippen LogP contribution in [0.2, 0.25) is 0 Å². The SMILES string of the molecule is O=C1CC(CO)CN1Cc1cccc2ncccc12. The monoisotopic (exact) mass is 256 g/mol. The van der Waals surface area contributed by atoms with Crippen molar-refractivity contribution in [2.45, 2.75) is 13.0 Å². The Morgan fingerprint density at radius 2 is 2.21 bits per heavy atom. The van der Waals surface area contributed by atoms with Crippen molar-refractivity contribution in [3.8, 4) is 0 Å². The lowest BCUT2D eigenvalue weighted by Crippen LogP contribution is -2.25. The summed E-state index contributed by atoms with van der Waals surface area (Å²) >= 11 is 0. The zero-order valence-corrected chi connectivity index (χ0v) is 10.6. The molecular weight excluding hydrogens is 240 g/mol. The van der Waals surface area contributed by atoms with Gasteiger partial charge in [0, 0.05) is 43.6 Å². The Bertz CT molecular complexity index is 607. The van der Waals surface area contributed by atoms with E-state index in [2.05, 4.69) is 4.98 Å². The van der Waals surface area contributed by atoms with E-state index in [0.717, 1.165) is 16.5 Å². The minimum absolute atomic E-state index is 0.0827. The van der Waals surface area contributed by atoms with E-state index in [1.54, 1.807) is 6.20 Å². The molecular formula is C15H16N2O2. The Morgan fingerprint density at radius 1 is 1.32 bits per heavy atom. The molecule has 1 saturated heterocycles.